The lowest BCUT2D eigenvalue weighted by atomic mass is 10.2. The number of rotatable bonds is 6. The molecule has 0 bridgehead atoms. The van der Waals surface area contributed by atoms with E-state index in [-0.39, 0.29) is 19.0 Å². The van der Waals surface area contributed by atoms with Gasteiger partial charge in [0.15, 0.2) is 0 Å². The molecule has 0 saturated heterocycles. The third-order valence-corrected chi connectivity index (χ3v) is 2.49. The van der Waals surface area contributed by atoms with Crippen LogP contribution in [0.2, 0.25) is 5.02 Å². The number of carbonyl (C=O) groups is 1. The number of hydrogen-bond donors (Lipinski definition) is 1. The van der Waals surface area contributed by atoms with Crippen molar-refractivity contribution in [1.82, 2.24) is 5.32 Å². The highest BCUT2D eigenvalue weighted by Crippen LogP contribution is 2.28. The highest BCUT2D eigenvalue weighted by Gasteiger charge is 2.09. The molecule has 1 rings (SSSR count). The molecule has 0 heterocycles. The third kappa shape index (κ3) is 4.24. The van der Waals surface area contributed by atoms with Gasteiger partial charge < -0.3 is 14.8 Å². The van der Waals surface area contributed by atoms with E-state index in [9.17, 15) is 4.79 Å². The van der Waals surface area contributed by atoms with Crippen molar-refractivity contribution in [3.05, 3.63) is 28.8 Å². The van der Waals surface area contributed by atoms with Gasteiger partial charge in [-0.05, 0) is 13.1 Å². The zero-order valence-electron chi connectivity index (χ0n) is 9.96. The third-order valence-electron chi connectivity index (χ3n) is 2.20. The van der Waals surface area contributed by atoms with E-state index < -0.39 is 0 Å². The van der Waals surface area contributed by atoms with Gasteiger partial charge in [0.05, 0.1) is 25.2 Å². The summed E-state index contributed by atoms with van der Waals surface area (Å²) >= 11 is 6.05. The van der Waals surface area contributed by atoms with Crippen LogP contribution in [0.1, 0.15) is 12.0 Å². The van der Waals surface area contributed by atoms with Gasteiger partial charge in [0.1, 0.15) is 5.75 Å². The standard InChI is InChI=1S/C12H16ClNO3/c1-14-8-9-4-3-5-10(13)12(9)17-7-6-11(15)16-2/h3-5,14H,6-8H2,1-2H3. The molecule has 0 atom stereocenters. The normalized spacial score (nSPS) is 10.1. The van der Waals surface area contributed by atoms with Crippen LogP contribution in [-0.2, 0) is 16.1 Å². The number of nitrogens with one attached hydrogen (secondary N) is 1. The molecule has 0 aliphatic heterocycles. The van der Waals surface area contributed by atoms with Crippen molar-refractivity contribution in [3.63, 3.8) is 0 Å². The lowest BCUT2D eigenvalue weighted by Crippen LogP contribution is -2.11. The van der Waals surface area contributed by atoms with Crippen molar-refractivity contribution in [2.24, 2.45) is 0 Å². The quantitative estimate of drug-likeness (QED) is 0.792. The molecule has 0 aliphatic carbocycles. The summed E-state index contributed by atoms with van der Waals surface area (Å²) in [4.78, 5) is 11.0. The van der Waals surface area contributed by atoms with Crippen LogP contribution >= 0.6 is 11.6 Å². The molecule has 0 fully saturated rings. The van der Waals surface area contributed by atoms with E-state index in [1.165, 1.54) is 7.11 Å². The zero-order valence-corrected chi connectivity index (χ0v) is 10.7. The maximum absolute atomic E-state index is 11.0. The van der Waals surface area contributed by atoms with E-state index in [1.54, 1.807) is 6.07 Å². The van der Waals surface area contributed by atoms with Gasteiger partial charge in [-0.25, -0.2) is 0 Å². The lowest BCUT2D eigenvalue weighted by Gasteiger charge is -2.12. The summed E-state index contributed by atoms with van der Waals surface area (Å²) in [6, 6.07) is 5.55. The van der Waals surface area contributed by atoms with Crippen LogP contribution in [0, 0.1) is 0 Å². The van der Waals surface area contributed by atoms with Gasteiger partial charge in [-0.3, -0.25) is 4.79 Å². The molecule has 0 saturated carbocycles. The van der Waals surface area contributed by atoms with E-state index in [0.29, 0.717) is 17.3 Å². The molecular weight excluding hydrogens is 242 g/mol. The number of benzene rings is 1. The Balaban J connectivity index is 2.65. The smallest absolute Gasteiger partial charge is 0.308 e. The van der Waals surface area contributed by atoms with E-state index >= 15 is 0 Å². The van der Waals surface area contributed by atoms with Crippen LogP contribution in [-0.4, -0.2) is 26.7 Å². The maximum Gasteiger partial charge on any atom is 0.308 e. The van der Waals surface area contributed by atoms with E-state index in [1.807, 2.05) is 19.2 Å². The molecule has 1 N–H and O–H groups in total. The molecule has 0 spiro atoms. The van der Waals surface area contributed by atoms with Crippen LogP contribution < -0.4 is 10.1 Å². The monoisotopic (exact) mass is 257 g/mol. The minimum absolute atomic E-state index is 0.209. The first-order chi connectivity index (χ1) is 8.19. The van der Waals surface area contributed by atoms with Crippen molar-refractivity contribution >= 4 is 17.6 Å². The van der Waals surface area contributed by atoms with Crippen molar-refractivity contribution in [2.75, 3.05) is 20.8 Å². The number of halogens is 1. The first kappa shape index (κ1) is 13.8. The van der Waals surface area contributed by atoms with E-state index in [4.69, 9.17) is 16.3 Å². The average Bonchev–Trinajstić information content (AvgIpc) is 2.32. The SMILES string of the molecule is CNCc1cccc(Cl)c1OCCC(=O)OC. The van der Waals surface area contributed by atoms with E-state index in [0.717, 1.165) is 5.56 Å². The molecule has 0 radical (unpaired) electrons. The van der Waals surface area contributed by atoms with Gasteiger partial charge >= 0.3 is 5.97 Å². The summed E-state index contributed by atoms with van der Waals surface area (Å²) in [7, 11) is 3.20. The zero-order chi connectivity index (χ0) is 12.7. The average molecular weight is 258 g/mol. The minimum atomic E-state index is -0.299. The lowest BCUT2D eigenvalue weighted by molar-refractivity contribution is -0.141. The van der Waals surface area contributed by atoms with E-state index in [2.05, 4.69) is 10.1 Å². The summed E-state index contributed by atoms with van der Waals surface area (Å²) in [5.74, 6) is 0.319. The first-order valence-corrected chi connectivity index (χ1v) is 5.68. The Morgan fingerprint density at radius 1 is 1.47 bits per heavy atom. The summed E-state index contributed by atoms with van der Waals surface area (Å²) in [5, 5.41) is 3.58. The molecule has 0 amide bonds. The van der Waals surface area contributed by atoms with Gasteiger partial charge in [-0.2, -0.15) is 0 Å². The van der Waals surface area contributed by atoms with Gasteiger partial charge in [0.2, 0.25) is 0 Å². The molecule has 1 aromatic carbocycles. The second-order valence-corrected chi connectivity index (χ2v) is 3.84. The number of methoxy groups -OCH3 is 1. The summed E-state index contributed by atoms with van der Waals surface area (Å²) in [5.41, 5.74) is 0.963. The molecule has 0 aliphatic rings. The predicted octanol–water partition coefficient (Wildman–Crippen LogP) is 2.00. The number of hydrogen-bond acceptors (Lipinski definition) is 4. The molecule has 0 unspecified atom stereocenters. The predicted molar refractivity (Wildman–Crippen MR) is 66.3 cm³/mol. The van der Waals surface area contributed by atoms with Gasteiger partial charge in [0.25, 0.3) is 0 Å². The fourth-order valence-corrected chi connectivity index (χ4v) is 1.63. The Hall–Kier alpha value is -1.26. The molecule has 0 aromatic heterocycles. The number of esters is 1. The molecule has 94 valence electrons. The highest BCUT2D eigenvalue weighted by atomic mass is 35.5. The minimum Gasteiger partial charge on any atom is -0.491 e. The topological polar surface area (TPSA) is 47.6 Å². The number of ether oxygens (including phenoxy) is 2. The second-order valence-electron chi connectivity index (χ2n) is 3.43. The van der Waals surface area contributed by atoms with Crippen LogP contribution in [0.3, 0.4) is 0 Å². The highest BCUT2D eigenvalue weighted by molar-refractivity contribution is 6.32. The van der Waals surface area contributed by atoms with Crippen molar-refractivity contribution in [3.8, 4) is 5.75 Å². The molecule has 5 heteroatoms. The summed E-state index contributed by atoms with van der Waals surface area (Å²) in [6.45, 7) is 0.918. The largest absolute Gasteiger partial charge is 0.491 e. The fourth-order valence-electron chi connectivity index (χ4n) is 1.38. The summed E-state index contributed by atoms with van der Waals surface area (Å²) in [6.07, 6.45) is 0.209. The number of carbonyl (C=O) groups excluding carboxylic acids is 1. The Morgan fingerprint density at radius 3 is 2.88 bits per heavy atom. The fraction of sp³-hybridized carbons (Fsp3) is 0.417. The van der Waals surface area contributed by atoms with Crippen LogP contribution in [0.25, 0.3) is 0 Å². The second kappa shape index (κ2) is 7.14. The Morgan fingerprint density at radius 2 is 2.24 bits per heavy atom. The summed E-state index contributed by atoms with van der Waals surface area (Å²) < 4.78 is 10.1. The Labute approximate surface area is 106 Å². The molecular formula is C12H16ClNO3. The molecule has 1 aromatic rings. The molecule has 4 nitrogen and oxygen atoms in total. The van der Waals surface area contributed by atoms with Crippen molar-refractivity contribution < 1.29 is 14.3 Å². The van der Waals surface area contributed by atoms with Crippen molar-refractivity contribution in [2.45, 2.75) is 13.0 Å². The molecule has 17 heavy (non-hydrogen) atoms. The number of para-hydroxylation sites is 1. The van der Waals surface area contributed by atoms with Gasteiger partial charge in [-0.1, -0.05) is 23.7 Å². The van der Waals surface area contributed by atoms with Gasteiger partial charge in [-0.15, -0.1) is 0 Å². The van der Waals surface area contributed by atoms with Crippen LogP contribution in [0.15, 0.2) is 18.2 Å². The maximum atomic E-state index is 11.0. The Bertz CT molecular complexity index is 382. The van der Waals surface area contributed by atoms with Crippen molar-refractivity contribution in [1.29, 1.82) is 0 Å². The Kier molecular flexibility index (Phi) is 5.80. The van der Waals surface area contributed by atoms with Gasteiger partial charge in [0, 0.05) is 12.1 Å². The van der Waals surface area contributed by atoms with Crippen LogP contribution in [0.4, 0.5) is 0 Å². The first-order valence-electron chi connectivity index (χ1n) is 5.30. The van der Waals surface area contributed by atoms with Crippen LogP contribution in [0.5, 0.6) is 5.75 Å².